The summed E-state index contributed by atoms with van der Waals surface area (Å²) in [5.74, 6) is 1.69. The van der Waals surface area contributed by atoms with Gasteiger partial charge in [0.1, 0.15) is 5.75 Å². The molecule has 2 unspecified atom stereocenters. The first-order valence-electron chi connectivity index (χ1n) is 5.69. The van der Waals surface area contributed by atoms with Crippen molar-refractivity contribution < 1.29 is 4.74 Å². The Kier molecular flexibility index (Phi) is 3.27. The summed E-state index contributed by atoms with van der Waals surface area (Å²) in [7, 11) is 1.74. The van der Waals surface area contributed by atoms with Gasteiger partial charge in [0.2, 0.25) is 0 Å². The fraction of sp³-hybridized carbons (Fsp3) is 0.538. The summed E-state index contributed by atoms with van der Waals surface area (Å²) >= 11 is 0. The SMILES string of the molecule is COc1ccccc1C1NCCCC1C. The number of hydrogen-bond donors (Lipinski definition) is 1. The molecule has 1 heterocycles. The molecule has 0 amide bonds. The number of ether oxygens (including phenoxy) is 1. The van der Waals surface area contributed by atoms with Crippen molar-refractivity contribution in [1.82, 2.24) is 5.32 Å². The Morgan fingerprint density at radius 3 is 2.87 bits per heavy atom. The average Bonchev–Trinajstić information content (AvgIpc) is 2.30. The molecule has 2 atom stereocenters. The van der Waals surface area contributed by atoms with Crippen molar-refractivity contribution in [3.63, 3.8) is 0 Å². The van der Waals surface area contributed by atoms with E-state index in [0.29, 0.717) is 12.0 Å². The highest BCUT2D eigenvalue weighted by Crippen LogP contribution is 2.33. The van der Waals surface area contributed by atoms with Gasteiger partial charge in [-0.2, -0.15) is 0 Å². The molecule has 2 rings (SSSR count). The standard InChI is InChI=1S/C13H19NO/c1-10-6-5-9-14-13(10)11-7-3-4-8-12(11)15-2/h3-4,7-8,10,13-14H,5-6,9H2,1-2H3. The van der Waals surface area contributed by atoms with Crippen molar-refractivity contribution in [1.29, 1.82) is 0 Å². The van der Waals surface area contributed by atoms with E-state index in [9.17, 15) is 0 Å². The highest BCUT2D eigenvalue weighted by atomic mass is 16.5. The predicted molar refractivity (Wildman–Crippen MR) is 62.1 cm³/mol. The lowest BCUT2D eigenvalue weighted by atomic mass is 9.87. The third-order valence-corrected chi connectivity index (χ3v) is 3.24. The maximum absolute atomic E-state index is 5.41. The fourth-order valence-corrected chi connectivity index (χ4v) is 2.39. The summed E-state index contributed by atoms with van der Waals surface area (Å²) in [5, 5.41) is 3.58. The number of benzene rings is 1. The molecule has 0 saturated carbocycles. The van der Waals surface area contributed by atoms with Crippen LogP contribution in [0.25, 0.3) is 0 Å². The summed E-state index contributed by atoms with van der Waals surface area (Å²) in [6.07, 6.45) is 2.59. The van der Waals surface area contributed by atoms with Crippen molar-refractivity contribution in [2.24, 2.45) is 5.92 Å². The van der Waals surface area contributed by atoms with Gasteiger partial charge < -0.3 is 10.1 Å². The molecule has 1 fully saturated rings. The lowest BCUT2D eigenvalue weighted by Gasteiger charge is -2.31. The quantitative estimate of drug-likeness (QED) is 0.801. The van der Waals surface area contributed by atoms with Crippen LogP contribution in [0.4, 0.5) is 0 Å². The number of rotatable bonds is 2. The van der Waals surface area contributed by atoms with Gasteiger partial charge in [-0.15, -0.1) is 0 Å². The van der Waals surface area contributed by atoms with Gasteiger partial charge in [-0.25, -0.2) is 0 Å². The third-order valence-electron chi connectivity index (χ3n) is 3.24. The van der Waals surface area contributed by atoms with Gasteiger partial charge in [0.25, 0.3) is 0 Å². The van der Waals surface area contributed by atoms with Crippen molar-refractivity contribution in [3.8, 4) is 5.75 Å². The summed E-state index contributed by atoms with van der Waals surface area (Å²) in [4.78, 5) is 0. The van der Waals surface area contributed by atoms with E-state index >= 15 is 0 Å². The molecule has 0 bridgehead atoms. The Hall–Kier alpha value is -1.02. The molecule has 15 heavy (non-hydrogen) atoms. The maximum Gasteiger partial charge on any atom is 0.123 e. The van der Waals surface area contributed by atoms with E-state index in [1.807, 2.05) is 12.1 Å². The maximum atomic E-state index is 5.41. The molecule has 0 spiro atoms. The molecule has 2 heteroatoms. The van der Waals surface area contributed by atoms with Crippen molar-refractivity contribution in [3.05, 3.63) is 29.8 Å². The van der Waals surface area contributed by atoms with Crippen LogP contribution in [0.15, 0.2) is 24.3 Å². The minimum Gasteiger partial charge on any atom is -0.496 e. The lowest BCUT2D eigenvalue weighted by Crippen LogP contribution is -2.33. The van der Waals surface area contributed by atoms with Crippen LogP contribution < -0.4 is 10.1 Å². The number of hydrogen-bond acceptors (Lipinski definition) is 2. The Labute approximate surface area is 91.6 Å². The minimum atomic E-state index is 0.454. The van der Waals surface area contributed by atoms with Gasteiger partial charge in [-0.05, 0) is 31.4 Å². The molecular formula is C13H19NO. The van der Waals surface area contributed by atoms with Crippen molar-refractivity contribution >= 4 is 0 Å². The second-order valence-electron chi connectivity index (χ2n) is 4.29. The molecule has 1 saturated heterocycles. The largest absolute Gasteiger partial charge is 0.496 e. The summed E-state index contributed by atoms with van der Waals surface area (Å²) < 4.78 is 5.41. The normalized spacial score (nSPS) is 26.3. The van der Waals surface area contributed by atoms with Gasteiger partial charge >= 0.3 is 0 Å². The van der Waals surface area contributed by atoms with Gasteiger partial charge in [0.05, 0.1) is 7.11 Å². The van der Waals surface area contributed by atoms with Gasteiger partial charge in [0, 0.05) is 11.6 Å². The Balaban J connectivity index is 2.26. The summed E-state index contributed by atoms with van der Waals surface area (Å²) in [6.45, 7) is 3.43. The summed E-state index contributed by atoms with van der Waals surface area (Å²) in [5.41, 5.74) is 1.30. The number of nitrogens with one attached hydrogen (secondary N) is 1. The van der Waals surface area contributed by atoms with Crippen LogP contribution in [0.2, 0.25) is 0 Å². The number of piperidine rings is 1. The van der Waals surface area contributed by atoms with Crippen LogP contribution in [0, 0.1) is 5.92 Å². The molecule has 1 aromatic rings. The lowest BCUT2D eigenvalue weighted by molar-refractivity contribution is 0.295. The molecule has 1 aliphatic heterocycles. The average molecular weight is 205 g/mol. The van der Waals surface area contributed by atoms with Gasteiger partial charge in [-0.3, -0.25) is 0 Å². The molecule has 1 aliphatic rings. The van der Waals surface area contributed by atoms with Crippen LogP contribution in [0.3, 0.4) is 0 Å². The van der Waals surface area contributed by atoms with Crippen molar-refractivity contribution in [2.45, 2.75) is 25.8 Å². The number of methoxy groups -OCH3 is 1. The van der Waals surface area contributed by atoms with Crippen LogP contribution >= 0.6 is 0 Å². The molecular weight excluding hydrogens is 186 g/mol. The molecule has 82 valence electrons. The topological polar surface area (TPSA) is 21.3 Å². The third kappa shape index (κ3) is 2.15. The van der Waals surface area contributed by atoms with Crippen LogP contribution in [0.5, 0.6) is 5.75 Å². The molecule has 0 aliphatic carbocycles. The smallest absolute Gasteiger partial charge is 0.123 e. The number of para-hydroxylation sites is 1. The van der Waals surface area contributed by atoms with E-state index in [1.54, 1.807) is 7.11 Å². The molecule has 2 nitrogen and oxygen atoms in total. The molecule has 1 aromatic carbocycles. The summed E-state index contributed by atoms with van der Waals surface area (Å²) in [6, 6.07) is 8.77. The second-order valence-corrected chi connectivity index (χ2v) is 4.29. The van der Waals surface area contributed by atoms with Gasteiger partial charge in [0.15, 0.2) is 0 Å². The first kappa shape index (κ1) is 10.5. The first-order chi connectivity index (χ1) is 7.33. The van der Waals surface area contributed by atoms with E-state index in [1.165, 1.54) is 18.4 Å². The highest BCUT2D eigenvalue weighted by Gasteiger charge is 2.24. The minimum absolute atomic E-state index is 0.454. The molecule has 1 N–H and O–H groups in total. The molecule has 0 radical (unpaired) electrons. The Bertz CT molecular complexity index is 324. The monoisotopic (exact) mass is 205 g/mol. The Morgan fingerprint density at radius 1 is 1.33 bits per heavy atom. The van der Waals surface area contributed by atoms with Crippen LogP contribution in [-0.2, 0) is 0 Å². The van der Waals surface area contributed by atoms with E-state index in [-0.39, 0.29) is 0 Å². The van der Waals surface area contributed by atoms with Crippen LogP contribution in [0.1, 0.15) is 31.4 Å². The molecule has 0 aromatic heterocycles. The van der Waals surface area contributed by atoms with Crippen LogP contribution in [-0.4, -0.2) is 13.7 Å². The zero-order chi connectivity index (χ0) is 10.7. The second kappa shape index (κ2) is 4.67. The predicted octanol–water partition coefficient (Wildman–Crippen LogP) is 2.76. The van der Waals surface area contributed by atoms with E-state index in [4.69, 9.17) is 4.74 Å². The highest BCUT2D eigenvalue weighted by molar-refractivity contribution is 5.36. The van der Waals surface area contributed by atoms with E-state index in [0.717, 1.165) is 12.3 Å². The first-order valence-corrected chi connectivity index (χ1v) is 5.69. The zero-order valence-electron chi connectivity index (χ0n) is 9.49. The zero-order valence-corrected chi connectivity index (χ0v) is 9.49. The van der Waals surface area contributed by atoms with E-state index in [2.05, 4.69) is 24.4 Å². The van der Waals surface area contributed by atoms with Crippen molar-refractivity contribution in [2.75, 3.05) is 13.7 Å². The van der Waals surface area contributed by atoms with E-state index < -0.39 is 0 Å². The Morgan fingerprint density at radius 2 is 2.13 bits per heavy atom. The fourth-order valence-electron chi connectivity index (χ4n) is 2.39. The van der Waals surface area contributed by atoms with Gasteiger partial charge in [-0.1, -0.05) is 25.1 Å².